The SMILES string of the molecule is Cc1c(Cl)cccc1NC(=O)NC(=O)c1ccc2c(c1)OCCO2. The molecule has 1 aliphatic rings. The number of halogens is 1. The first-order valence-electron chi connectivity index (χ1n) is 7.31. The van der Waals surface area contributed by atoms with E-state index in [1.54, 1.807) is 43.3 Å². The van der Waals surface area contributed by atoms with Gasteiger partial charge < -0.3 is 14.8 Å². The van der Waals surface area contributed by atoms with Crippen molar-refractivity contribution in [3.63, 3.8) is 0 Å². The second-order valence-electron chi connectivity index (χ2n) is 5.18. The Morgan fingerprint density at radius 3 is 2.62 bits per heavy atom. The van der Waals surface area contributed by atoms with Crippen molar-refractivity contribution in [2.45, 2.75) is 6.92 Å². The summed E-state index contributed by atoms with van der Waals surface area (Å²) in [5, 5.41) is 5.41. The third-order valence-electron chi connectivity index (χ3n) is 3.55. The molecule has 0 aromatic heterocycles. The summed E-state index contributed by atoms with van der Waals surface area (Å²) >= 11 is 6.00. The first-order valence-corrected chi connectivity index (χ1v) is 7.69. The number of carbonyl (C=O) groups is 2. The van der Waals surface area contributed by atoms with E-state index in [-0.39, 0.29) is 0 Å². The maximum Gasteiger partial charge on any atom is 0.326 e. The number of fused-ring (bicyclic) bond motifs is 1. The maximum absolute atomic E-state index is 12.2. The molecule has 0 atom stereocenters. The van der Waals surface area contributed by atoms with Gasteiger partial charge in [-0.3, -0.25) is 10.1 Å². The molecular formula is C17H15ClN2O4. The van der Waals surface area contributed by atoms with Crippen molar-refractivity contribution in [1.82, 2.24) is 5.32 Å². The van der Waals surface area contributed by atoms with Crippen LogP contribution in [0.25, 0.3) is 0 Å². The van der Waals surface area contributed by atoms with Gasteiger partial charge in [-0.25, -0.2) is 4.79 Å². The average Bonchev–Trinajstić information content (AvgIpc) is 2.58. The molecule has 0 fully saturated rings. The van der Waals surface area contributed by atoms with Gasteiger partial charge in [-0.2, -0.15) is 0 Å². The fraction of sp³-hybridized carbons (Fsp3) is 0.176. The highest BCUT2D eigenvalue weighted by Gasteiger charge is 2.17. The van der Waals surface area contributed by atoms with Crippen LogP contribution >= 0.6 is 11.6 Å². The third kappa shape index (κ3) is 3.44. The minimum absolute atomic E-state index is 0.303. The Kier molecular flexibility index (Phi) is 4.57. The molecule has 2 aromatic carbocycles. The fourth-order valence-electron chi connectivity index (χ4n) is 2.26. The van der Waals surface area contributed by atoms with Crippen LogP contribution in [0.15, 0.2) is 36.4 Å². The lowest BCUT2D eigenvalue weighted by Crippen LogP contribution is -2.34. The van der Waals surface area contributed by atoms with Gasteiger partial charge in [-0.15, -0.1) is 0 Å². The van der Waals surface area contributed by atoms with Gasteiger partial charge in [-0.05, 0) is 42.8 Å². The van der Waals surface area contributed by atoms with Crippen LogP contribution in [0, 0.1) is 6.92 Å². The Morgan fingerprint density at radius 2 is 1.83 bits per heavy atom. The molecule has 0 radical (unpaired) electrons. The van der Waals surface area contributed by atoms with E-state index < -0.39 is 11.9 Å². The Morgan fingerprint density at radius 1 is 1.08 bits per heavy atom. The number of anilines is 1. The highest BCUT2D eigenvalue weighted by molar-refractivity contribution is 6.31. The molecule has 0 aliphatic carbocycles. The molecule has 1 heterocycles. The molecular weight excluding hydrogens is 332 g/mol. The largest absolute Gasteiger partial charge is 0.486 e. The lowest BCUT2D eigenvalue weighted by molar-refractivity contribution is 0.0966. The molecule has 2 N–H and O–H groups in total. The molecule has 0 unspecified atom stereocenters. The van der Waals surface area contributed by atoms with E-state index in [0.717, 1.165) is 5.56 Å². The molecule has 0 bridgehead atoms. The van der Waals surface area contributed by atoms with E-state index >= 15 is 0 Å². The molecule has 24 heavy (non-hydrogen) atoms. The van der Waals surface area contributed by atoms with E-state index in [9.17, 15) is 9.59 Å². The van der Waals surface area contributed by atoms with Crippen molar-refractivity contribution in [3.8, 4) is 11.5 Å². The highest BCUT2D eigenvalue weighted by Crippen LogP contribution is 2.30. The standard InChI is InChI=1S/C17H15ClN2O4/c1-10-12(18)3-2-4-13(10)19-17(22)20-16(21)11-5-6-14-15(9-11)24-8-7-23-14/h2-6,9H,7-8H2,1H3,(H2,19,20,21,22). The molecule has 0 spiro atoms. The van der Waals surface area contributed by atoms with Crippen molar-refractivity contribution in [2.75, 3.05) is 18.5 Å². The summed E-state index contributed by atoms with van der Waals surface area (Å²) in [4.78, 5) is 24.2. The zero-order valence-electron chi connectivity index (χ0n) is 12.9. The van der Waals surface area contributed by atoms with E-state index in [4.69, 9.17) is 21.1 Å². The number of rotatable bonds is 2. The van der Waals surface area contributed by atoms with E-state index in [1.807, 2.05) is 0 Å². The molecule has 7 heteroatoms. The molecule has 6 nitrogen and oxygen atoms in total. The first kappa shape index (κ1) is 16.1. The zero-order chi connectivity index (χ0) is 17.1. The molecule has 124 valence electrons. The Hall–Kier alpha value is -2.73. The van der Waals surface area contributed by atoms with Crippen LogP contribution in [0.5, 0.6) is 11.5 Å². The van der Waals surface area contributed by atoms with E-state index in [0.29, 0.717) is 41.0 Å². The summed E-state index contributed by atoms with van der Waals surface area (Å²) in [6.45, 7) is 2.67. The van der Waals surface area contributed by atoms with Crippen molar-refractivity contribution < 1.29 is 19.1 Å². The van der Waals surface area contributed by atoms with Gasteiger partial charge in [0.1, 0.15) is 13.2 Å². The van der Waals surface area contributed by atoms with Crippen LogP contribution in [0.2, 0.25) is 5.02 Å². The first-order chi connectivity index (χ1) is 11.5. The summed E-state index contributed by atoms with van der Waals surface area (Å²) in [5.41, 5.74) is 1.56. The maximum atomic E-state index is 12.2. The Bertz CT molecular complexity index is 807. The Labute approximate surface area is 143 Å². The predicted octanol–water partition coefficient (Wildman–Crippen LogP) is 3.38. The van der Waals surface area contributed by atoms with Crippen LogP contribution in [0.3, 0.4) is 0 Å². The number of benzene rings is 2. The lowest BCUT2D eigenvalue weighted by Gasteiger charge is -2.18. The van der Waals surface area contributed by atoms with Crippen LogP contribution in [-0.2, 0) is 0 Å². The number of urea groups is 1. The van der Waals surface area contributed by atoms with Crippen LogP contribution in [0.4, 0.5) is 10.5 Å². The molecule has 0 saturated carbocycles. The summed E-state index contributed by atoms with van der Waals surface area (Å²) in [6.07, 6.45) is 0. The quantitative estimate of drug-likeness (QED) is 0.874. The minimum atomic E-state index is -0.639. The van der Waals surface area contributed by atoms with Crippen LogP contribution in [0.1, 0.15) is 15.9 Å². The monoisotopic (exact) mass is 346 g/mol. The van der Waals surface area contributed by atoms with E-state index in [1.165, 1.54) is 0 Å². The molecule has 1 aliphatic heterocycles. The van der Waals surface area contributed by atoms with Gasteiger partial charge in [0.25, 0.3) is 5.91 Å². The van der Waals surface area contributed by atoms with Crippen molar-refractivity contribution in [3.05, 3.63) is 52.5 Å². The van der Waals surface area contributed by atoms with Gasteiger partial charge in [0.05, 0.1) is 0 Å². The average molecular weight is 347 g/mol. The topological polar surface area (TPSA) is 76.7 Å². The number of ether oxygens (including phenoxy) is 2. The Balaban J connectivity index is 1.68. The number of hydrogen-bond acceptors (Lipinski definition) is 4. The molecule has 3 amide bonds. The van der Waals surface area contributed by atoms with E-state index in [2.05, 4.69) is 10.6 Å². The van der Waals surface area contributed by atoms with Gasteiger partial charge in [0.2, 0.25) is 0 Å². The fourth-order valence-corrected chi connectivity index (χ4v) is 2.43. The number of hydrogen-bond donors (Lipinski definition) is 2. The summed E-state index contributed by atoms with van der Waals surface area (Å²) in [5.74, 6) is 0.529. The summed E-state index contributed by atoms with van der Waals surface area (Å²) in [6, 6.07) is 9.26. The summed E-state index contributed by atoms with van der Waals surface area (Å²) in [7, 11) is 0. The minimum Gasteiger partial charge on any atom is -0.486 e. The van der Waals surface area contributed by atoms with Gasteiger partial charge in [0, 0.05) is 16.3 Å². The molecule has 0 saturated heterocycles. The van der Waals surface area contributed by atoms with Crippen molar-refractivity contribution in [1.29, 1.82) is 0 Å². The van der Waals surface area contributed by atoms with Gasteiger partial charge in [0.15, 0.2) is 11.5 Å². The van der Waals surface area contributed by atoms with Gasteiger partial charge >= 0.3 is 6.03 Å². The smallest absolute Gasteiger partial charge is 0.326 e. The van der Waals surface area contributed by atoms with Crippen molar-refractivity contribution in [2.24, 2.45) is 0 Å². The third-order valence-corrected chi connectivity index (χ3v) is 3.96. The number of imide groups is 1. The number of carbonyl (C=O) groups excluding carboxylic acids is 2. The predicted molar refractivity (Wildman–Crippen MR) is 90.1 cm³/mol. The van der Waals surface area contributed by atoms with Gasteiger partial charge in [-0.1, -0.05) is 17.7 Å². The second-order valence-corrected chi connectivity index (χ2v) is 5.59. The highest BCUT2D eigenvalue weighted by atomic mass is 35.5. The number of nitrogens with one attached hydrogen (secondary N) is 2. The number of amides is 3. The lowest BCUT2D eigenvalue weighted by atomic mass is 10.2. The zero-order valence-corrected chi connectivity index (χ0v) is 13.6. The molecule has 2 aromatic rings. The summed E-state index contributed by atoms with van der Waals surface area (Å²) < 4.78 is 10.8. The molecule has 3 rings (SSSR count). The second kappa shape index (κ2) is 6.80. The van der Waals surface area contributed by atoms with Crippen LogP contribution < -0.4 is 20.1 Å². The normalized spacial score (nSPS) is 12.4. The van der Waals surface area contributed by atoms with Crippen LogP contribution in [-0.4, -0.2) is 25.2 Å². The van der Waals surface area contributed by atoms with Crippen molar-refractivity contribution >= 4 is 29.2 Å².